The predicted molar refractivity (Wildman–Crippen MR) is 48.4 cm³/mol. The molecule has 1 unspecified atom stereocenters. The number of carboxylic acid groups (broad SMARTS) is 1. The van der Waals surface area contributed by atoms with E-state index in [1.54, 1.807) is 18.2 Å². The van der Waals surface area contributed by atoms with Gasteiger partial charge in [-0.05, 0) is 12.1 Å². The number of carboxylic acids is 1. The average molecular weight is 200 g/mol. The highest BCUT2D eigenvalue weighted by atomic mass is 31.2. The van der Waals surface area contributed by atoms with Crippen molar-refractivity contribution >= 4 is 18.6 Å². The SMILES string of the molecule is O=C(O)CP(=O)(O)c1ccccc1. The van der Waals surface area contributed by atoms with Crippen molar-refractivity contribution in [2.24, 2.45) is 0 Å². The van der Waals surface area contributed by atoms with Crippen LogP contribution in [0.15, 0.2) is 30.3 Å². The molecule has 70 valence electrons. The predicted octanol–water partition coefficient (Wildman–Crippen LogP) is 0.667. The summed E-state index contributed by atoms with van der Waals surface area (Å²) in [6.45, 7) is 0. The monoisotopic (exact) mass is 200 g/mol. The molecule has 0 aliphatic carbocycles. The van der Waals surface area contributed by atoms with E-state index in [1.807, 2.05) is 0 Å². The average Bonchev–Trinajstić information content (AvgIpc) is 2.04. The third kappa shape index (κ3) is 2.68. The van der Waals surface area contributed by atoms with Gasteiger partial charge in [-0.25, -0.2) is 0 Å². The first-order valence-corrected chi connectivity index (χ1v) is 5.46. The van der Waals surface area contributed by atoms with Gasteiger partial charge >= 0.3 is 5.97 Å². The highest BCUT2D eigenvalue weighted by molar-refractivity contribution is 7.66. The molecule has 5 heteroatoms. The van der Waals surface area contributed by atoms with Crippen molar-refractivity contribution in [1.82, 2.24) is 0 Å². The minimum atomic E-state index is -3.70. The van der Waals surface area contributed by atoms with Crippen LogP contribution >= 0.6 is 7.37 Å². The van der Waals surface area contributed by atoms with E-state index < -0.39 is 19.5 Å². The lowest BCUT2D eigenvalue weighted by atomic mass is 10.4. The molecular formula is C8H9O4P. The number of hydrogen-bond acceptors (Lipinski definition) is 2. The smallest absolute Gasteiger partial charge is 0.313 e. The molecule has 2 N–H and O–H groups in total. The number of carbonyl (C=O) groups is 1. The lowest BCUT2D eigenvalue weighted by Gasteiger charge is -2.07. The molecule has 1 aromatic rings. The molecule has 0 aliphatic rings. The van der Waals surface area contributed by atoms with Crippen molar-refractivity contribution in [2.75, 3.05) is 6.16 Å². The topological polar surface area (TPSA) is 74.6 Å². The molecule has 0 amide bonds. The maximum atomic E-state index is 11.4. The van der Waals surface area contributed by atoms with Crippen LogP contribution in [0.25, 0.3) is 0 Å². The summed E-state index contributed by atoms with van der Waals surface area (Å²) in [5, 5.41) is 8.56. The second kappa shape index (κ2) is 3.73. The van der Waals surface area contributed by atoms with Crippen molar-refractivity contribution in [1.29, 1.82) is 0 Å². The summed E-state index contributed by atoms with van der Waals surface area (Å²) in [6.07, 6.45) is -0.725. The number of benzene rings is 1. The maximum Gasteiger partial charge on any atom is 0.313 e. The lowest BCUT2D eigenvalue weighted by Crippen LogP contribution is -2.12. The molecule has 1 atom stereocenters. The highest BCUT2D eigenvalue weighted by Crippen LogP contribution is 2.38. The van der Waals surface area contributed by atoms with Crippen LogP contribution in [0, 0.1) is 0 Å². The van der Waals surface area contributed by atoms with Gasteiger partial charge in [0, 0.05) is 5.30 Å². The van der Waals surface area contributed by atoms with Crippen LogP contribution < -0.4 is 5.30 Å². The molecule has 0 radical (unpaired) electrons. The van der Waals surface area contributed by atoms with E-state index in [0.717, 1.165) is 0 Å². The third-order valence-electron chi connectivity index (χ3n) is 1.51. The van der Waals surface area contributed by atoms with Crippen molar-refractivity contribution in [2.45, 2.75) is 0 Å². The normalized spacial score (nSPS) is 14.8. The summed E-state index contributed by atoms with van der Waals surface area (Å²) in [5.74, 6) is -1.27. The van der Waals surface area contributed by atoms with Crippen LogP contribution in [0.2, 0.25) is 0 Å². The first-order chi connectivity index (χ1) is 6.02. The first-order valence-electron chi connectivity index (χ1n) is 3.61. The minimum Gasteiger partial charge on any atom is -0.481 e. The molecule has 0 aliphatic heterocycles. The molecule has 0 heterocycles. The van der Waals surface area contributed by atoms with Crippen LogP contribution in [0.4, 0.5) is 0 Å². The number of aliphatic carboxylic acids is 1. The van der Waals surface area contributed by atoms with Gasteiger partial charge in [0.25, 0.3) is 0 Å². The minimum absolute atomic E-state index is 0.178. The van der Waals surface area contributed by atoms with Crippen molar-refractivity contribution < 1.29 is 19.4 Å². The van der Waals surface area contributed by atoms with Crippen LogP contribution in [0.5, 0.6) is 0 Å². The molecule has 0 fully saturated rings. The Morgan fingerprint density at radius 2 is 1.85 bits per heavy atom. The van der Waals surface area contributed by atoms with Crippen molar-refractivity contribution in [3.05, 3.63) is 30.3 Å². The van der Waals surface area contributed by atoms with Crippen LogP contribution in [-0.2, 0) is 9.36 Å². The number of rotatable bonds is 3. The summed E-state index contributed by atoms with van der Waals surface area (Å²) >= 11 is 0. The molecule has 0 saturated carbocycles. The molecule has 0 aromatic heterocycles. The second-order valence-corrected chi connectivity index (χ2v) is 4.82. The van der Waals surface area contributed by atoms with E-state index in [2.05, 4.69) is 0 Å². The van der Waals surface area contributed by atoms with E-state index in [0.29, 0.717) is 0 Å². The van der Waals surface area contributed by atoms with Crippen LogP contribution in [-0.4, -0.2) is 22.1 Å². The van der Waals surface area contributed by atoms with E-state index >= 15 is 0 Å². The van der Waals surface area contributed by atoms with Gasteiger partial charge in [0.15, 0.2) is 0 Å². The van der Waals surface area contributed by atoms with Crippen LogP contribution in [0.1, 0.15) is 0 Å². The highest BCUT2D eigenvalue weighted by Gasteiger charge is 2.24. The fourth-order valence-corrected chi connectivity index (χ4v) is 2.12. The zero-order valence-corrected chi connectivity index (χ0v) is 7.65. The van der Waals surface area contributed by atoms with Crippen molar-refractivity contribution in [3.63, 3.8) is 0 Å². The quantitative estimate of drug-likeness (QED) is 0.703. The fourth-order valence-electron chi connectivity index (χ4n) is 0.936. The molecule has 0 saturated heterocycles. The molecule has 13 heavy (non-hydrogen) atoms. The van der Waals surface area contributed by atoms with Gasteiger partial charge in [-0.3, -0.25) is 9.36 Å². The van der Waals surface area contributed by atoms with E-state index in [-0.39, 0.29) is 5.30 Å². The van der Waals surface area contributed by atoms with E-state index in [9.17, 15) is 14.3 Å². The largest absolute Gasteiger partial charge is 0.481 e. The molecule has 0 bridgehead atoms. The number of hydrogen-bond donors (Lipinski definition) is 2. The van der Waals surface area contributed by atoms with E-state index in [4.69, 9.17) is 5.11 Å². The van der Waals surface area contributed by atoms with Gasteiger partial charge in [0.05, 0.1) is 0 Å². The third-order valence-corrected chi connectivity index (χ3v) is 3.31. The summed E-state index contributed by atoms with van der Waals surface area (Å²) in [4.78, 5) is 19.6. The molecule has 0 spiro atoms. The summed E-state index contributed by atoms with van der Waals surface area (Å²) in [6, 6.07) is 7.79. The standard InChI is InChI=1S/C8H9O4P/c9-8(10)6-13(11,12)7-4-2-1-3-5-7/h1-5H,6H2,(H,9,10)(H,11,12). The zero-order chi connectivity index (χ0) is 9.90. The Morgan fingerprint density at radius 1 is 1.31 bits per heavy atom. The lowest BCUT2D eigenvalue weighted by molar-refractivity contribution is -0.134. The van der Waals surface area contributed by atoms with Gasteiger partial charge < -0.3 is 10.00 Å². The van der Waals surface area contributed by atoms with Gasteiger partial charge in [0.1, 0.15) is 6.16 Å². The second-order valence-electron chi connectivity index (χ2n) is 2.59. The zero-order valence-electron chi connectivity index (χ0n) is 6.75. The Kier molecular flexibility index (Phi) is 2.86. The van der Waals surface area contributed by atoms with Gasteiger partial charge in [-0.2, -0.15) is 0 Å². The molecule has 1 rings (SSSR count). The van der Waals surface area contributed by atoms with Gasteiger partial charge in [-0.1, -0.05) is 18.2 Å². The van der Waals surface area contributed by atoms with Gasteiger partial charge in [-0.15, -0.1) is 0 Å². The van der Waals surface area contributed by atoms with E-state index in [1.165, 1.54) is 12.1 Å². The Hall–Kier alpha value is -1.12. The van der Waals surface area contributed by atoms with Gasteiger partial charge in [0.2, 0.25) is 7.37 Å². The summed E-state index contributed by atoms with van der Waals surface area (Å²) < 4.78 is 11.4. The molecule has 4 nitrogen and oxygen atoms in total. The van der Waals surface area contributed by atoms with Crippen molar-refractivity contribution in [3.8, 4) is 0 Å². The van der Waals surface area contributed by atoms with Crippen LogP contribution in [0.3, 0.4) is 0 Å². The Labute approximate surface area is 75.3 Å². The Bertz CT molecular complexity index is 346. The summed E-state index contributed by atoms with van der Waals surface area (Å²) in [5.41, 5.74) is 0. The molecular weight excluding hydrogens is 191 g/mol. The maximum absolute atomic E-state index is 11.4. The Balaban J connectivity index is 2.95. The summed E-state index contributed by atoms with van der Waals surface area (Å²) in [7, 11) is -3.70. The molecule has 1 aromatic carbocycles. The Morgan fingerprint density at radius 3 is 2.31 bits per heavy atom. The fraction of sp³-hybridized carbons (Fsp3) is 0.125. The first kappa shape index (κ1) is 9.96.